The summed E-state index contributed by atoms with van der Waals surface area (Å²) in [4.78, 5) is 21.9. The first-order chi connectivity index (χ1) is 9.06. The molecule has 0 radical (unpaired) electrons. The Kier molecular flexibility index (Phi) is 4.16. The number of carboxylic acid groups (broad SMARTS) is 1. The molecule has 1 unspecified atom stereocenters. The number of carbonyl (C=O) groups excluding carboxylic acids is 1. The molecule has 0 fully saturated rings. The molecule has 5 nitrogen and oxygen atoms in total. The van der Waals surface area contributed by atoms with E-state index in [1.807, 2.05) is 6.07 Å². The number of aliphatic hydroxyl groups is 1. The maximum atomic E-state index is 11.4. The Morgan fingerprint density at radius 2 is 2.16 bits per heavy atom. The first kappa shape index (κ1) is 13.5. The summed E-state index contributed by atoms with van der Waals surface area (Å²) < 4.78 is 0. The Balaban J connectivity index is 2.13. The van der Waals surface area contributed by atoms with Crippen molar-refractivity contribution in [3.8, 4) is 0 Å². The van der Waals surface area contributed by atoms with Gasteiger partial charge in [-0.15, -0.1) is 0 Å². The molecule has 0 bridgehead atoms. The van der Waals surface area contributed by atoms with Crippen LogP contribution in [0.15, 0.2) is 18.2 Å². The Morgan fingerprint density at radius 1 is 1.37 bits per heavy atom. The van der Waals surface area contributed by atoms with Gasteiger partial charge in [-0.25, -0.2) is 0 Å². The average molecular weight is 263 g/mol. The van der Waals surface area contributed by atoms with Gasteiger partial charge < -0.3 is 15.5 Å². The number of anilines is 1. The van der Waals surface area contributed by atoms with Crippen molar-refractivity contribution in [2.45, 2.75) is 38.2 Å². The molecule has 1 aromatic rings. The van der Waals surface area contributed by atoms with Crippen molar-refractivity contribution < 1.29 is 19.8 Å². The molecule has 1 aliphatic rings. The lowest BCUT2D eigenvalue weighted by molar-refractivity contribution is -0.137. The SMILES string of the molecule is O=C(O)CCC(O)c1ccc2c(c1)CCCC(=O)N2. The number of aliphatic carboxylic acids is 1. The quantitative estimate of drug-likeness (QED) is 0.773. The van der Waals surface area contributed by atoms with E-state index < -0.39 is 12.1 Å². The molecule has 0 aromatic heterocycles. The Morgan fingerprint density at radius 3 is 2.89 bits per heavy atom. The second-order valence-electron chi connectivity index (χ2n) is 4.77. The summed E-state index contributed by atoms with van der Waals surface area (Å²) in [6.07, 6.45) is 1.43. The fourth-order valence-corrected chi connectivity index (χ4v) is 2.23. The van der Waals surface area contributed by atoms with Gasteiger partial charge in [-0.2, -0.15) is 0 Å². The third-order valence-corrected chi connectivity index (χ3v) is 3.27. The lowest BCUT2D eigenvalue weighted by Crippen LogP contribution is -2.09. The zero-order valence-electron chi connectivity index (χ0n) is 10.6. The predicted molar refractivity (Wildman–Crippen MR) is 69.8 cm³/mol. The van der Waals surface area contributed by atoms with Crippen LogP contribution >= 0.6 is 0 Å². The van der Waals surface area contributed by atoms with Gasteiger partial charge in [-0.3, -0.25) is 9.59 Å². The topological polar surface area (TPSA) is 86.6 Å². The van der Waals surface area contributed by atoms with Gasteiger partial charge in [0.05, 0.1) is 6.10 Å². The summed E-state index contributed by atoms with van der Waals surface area (Å²) in [6, 6.07) is 5.36. The number of hydrogen-bond acceptors (Lipinski definition) is 3. The smallest absolute Gasteiger partial charge is 0.303 e. The zero-order valence-corrected chi connectivity index (χ0v) is 10.6. The number of benzene rings is 1. The molecule has 102 valence electrons. The third kappa shape index (κ3) is 3.54. The van der Waals surface area contributed by atoms with E-state index in [2.05, 4.69) is 5.32 Å². The van der Waals surface area contributed by atoms with Gasteiger partial charge in [0.2, 0.25) is 5.91 Å². The van der Waals surface area contributed by atoms with Gasteiger partial charge in [-0.1, -0.05) is 12.1 Å². The lowest BCUT2D eigenvalue weighted by Gasteiger charge is -2.13. The van der Waals surface area contributed by atoms with E-state index in [0.29, 0.717) is 12.0 Å². The minimum absolute atomic E-state index is 0.0120. The van der Waals surface area contributed by atoms with Crippen LogP contribution in [0.1, 0.15) is 42.9 Å². The van der Waals surface area contributed by atoms with Crippen molar-refractivity contribution in [3.05, 3.63) is 29.3 Å². The van der Waals surface area contributed by atoms with E-state index in [4.69, 9.17) is 5.11 Å². The van der Waals surface area contributed by atoms with Gasteiger partial charge in [0.15, 0.2) is 0 Å². The second kappa shape index (κ2) is 5.84. The number of carboxylic acids is 1. The summed E-state index contributed by atoms with van der Waals surface area (Å²) in [5, 5.41) is 21.4. The van der Waals surface area contributed by atoms with Crippen molar-refractivity contribution in [1.29, 1.82) is 0 Å². The number of aryl methyl sites for hydroxylation is 1. The molecule has 1 heterocycles. The van der Waals surface area contributed by atoms with Crippen LogP contribution in [0.2, 0.25) is 0 Å². The summed E-state index contributed by atoms with van der Waals surface area (Å²) in [5.74, 6) is -0.904. The van der Waals surface area contributed by atoms with Gasteiger partial charge >= 0.3 is 5.97 Å². The van der Waals surface area contributed by atoms with E-state index in [1.54, 1.807) is 12.1 Å². The zero-order chi connectivity index (χ0) is 13.8. The van der Waals surface area contributed by atoms with E-state index in [1.165, 1.54) is 0 Å². The van der Waals surface area contributed by atoms with Crippen LogP contribution in [0.5, 0.6) is 0 Å². The lowest BCUT2D eigenvalue weighted by atomic mass is 9.99. The first-order valence-corrected chi connectivity index (χ1v) is 6.39. The predicted octanol–water partition coefficient (Wildman–Crippen LogP) is 1.86. The highest BCUT2D eigenvalue weighted by molar-refractivity contribution is 5.92. The van der Waals surface area contributed by atoms with E-state index in [9.17, 15) is 14.7 Å². The van der Waals surface area contributed by atoms with Crippen molar-refractivity contribution in [2.75, 3.05) is 5.32 Å². The fraction of sp³-hybridized carbons (Fsp3) is 0.429. The molecule has 5 heteroatoms. The standard InChI is InChI=1S/C14H17NO4/c16-12(6-7-14(18)19)10-4-5-11-9(8-10)2-1-3-13(17)15-11/h4-5,8,12,16H,1-3,6-7H2,(H,15,17)(H,18,19). The Bertz CT molecular complexity index is 498. The van der Waals surface area contributed by atoms with E-state index >= 15 is 0 Å². The molecular weight excluding hydrogens is 246 g/mol. The van der Waals surface area contributed by atoms with Crippen LogP contribution in [-0.2, 0) is 16.0 Å². The van der Waals surface area contributed by atoms with Crippen molar-refractivity contribution in [1.82, 2.24) is 0 Å². The molecule has 0 saturated heterocycles. The molecule has 2 rings (SSSR count). The molecule has 3 N–H and O–H groups in total. The normalized spacial score (nSPS) is 16.2. The molecule has 1 aliphatic heterocycles. The molecular formula is C14H17NO4. The average Bonchev–Trinajstić information content (AvgIpc) is 2.55. The minimum atomic E-state index is -0.916. The summed E-state index contributed by atoms with van der Waals surface area (Å²) in [6.45, 7) is 0. The summed E-state index contributed by atoms with van der Waals surface area (Å²) >= 11 is 0. The van der Waals surface area contributed by atoms with Crippen LogP contribution in [-0.4, -0.2) is 22.1 Å². The highest BCUT2D eigenvalue weighted by Gasteiger charge is 2.16. The monoisotopic (exact) mass is 263 g/mol. The van der Waals surface area contributed by atoms with Crippen molar-refractivity contribution in [3.63, 3.8) is 0 Å². The first-order valence-electron chi connectivity index (χ1n) is 6.39. The Labute approximate surface area is 111 Å². The van der Waals surface area contributed by atoms with Gasteiger partial charge in [0.25, 0.3) is 0 Å². The summed E-state index contributed by atoms with van der Waals surface area (Å²) in [7, 11) is 0. The van der Waals surface area contributed by atoms with Gasteiger partial charge in [0.1, 0.15) is 0 Å². The van der Waals surface area contributed by atoms with Gasteiger partial charge in [0, 0.05) is 18.5 Å². The molecule has 19 heavy (non-hydrogen) atoms. The summed E-state index contributed by atoms with van der Waals surface area (Å²) in [5.41, 5.74) is 2.49. The van der Waals surface area contributed by atoms with Crippen LogP contribution in [0, 0.1) is 0 Å². The number of aliphatic hydroxyl groups excluding tert-OH is 1. The molecule has 1 atom stereocenters. The van der Waals surface area contributed by atoms with E-state index in [-0.39, 0.29) is 18.7 Å². The Hall–Kier alpha value is -1.88. The van der Waals surface area contributed by atoms with Crippen molar-refractivity contribution in [2.24, 2.45) is 0 Å². The molecule has 0 spiro atoms. The molecule has 0 saturated carbocycles. The highest BCUT2D eigenvalue weighted by atomic mass is 16.4. The van der Waals surface area contributed by atoms with Crippen LogP contribution < -0.4 is 5.32 Å². The maximum Gasteiger partial charge on any atom is 0.303 e. The molecule has 1 aromatic carbocycles. The number of fused-ring (bicyclic) bond motifs is 1. The van der Waals surface area contributed by atoms with Crippen LogP contribution in [0.3, 0.4) is 0 Å². The number of hydrogen-bond donors (Lipinski definition) is 3. The van der Waals surface area contributed by atoms with E-state index in [0.717, 1.165) is 24.1 Å². The fourth-order valence-electron chi connectivity index (χ4n) is 2.23. The largest absolute Gasteiger partial charge is 0.481 e. The highest BCUT2D eigenvalue weighted by Crippen LogP contribution is 2.27. The third-order valence-electron chi connectivity index (χ3n) is 3.27. The maximum absolute atomic E-state index is 11.4. The van der Waals surface area contributed by atoms with Crippen LogP contribution in [0.25, 0.3) is 0 Å². The van der Waals surface area contributed by atoms with Crippen molar-refractivity contribution >= 4 is 17.6 Å². The number of rotatable bonds is 4. The molecule has 1 amide bonds. The minimum Gasteiger partial charge on any atom is -0.481 e. The number of amides is 1. The number of nitrogens with one attached hydrogen (secondary N) is 1. The second-order valence-corrected chi connectivity index (χ2v) is 4.77. The number of carbonyl (C=O) groups is 2. The van der Waals surface area contributed by atoms with Gasteiger partial charge in [-0.05, 0) is 36.5 Å². The molecule has 0 aliphatic carbocycles. The van der Waals surface area contributed by atoms with Crippen LogP contribution in [0.4, 0.5) is 5.69 Å².